The Labute approximate surface area is 129 Å². The second-order valence-electron chi connectivity index (χ2n) is 5.87. The zero-order valence-electron chi connectivity index (χ0n) is 12.5. The predicted octanol–water partition coefficient (Wildman–Crippen LogP) is 1.60. The van der Waals surface area contributed by atoms with Gasteiger partial charge in [0.25, 0.3) is 0 Å². The van der Waals surface area contributed by atoms with Gasteiger partial charge in [0, 0.05) is 31.9 Å². The Kier molecular flexibility index (Phi) is 3.11. The molecule has 22 heavy (non-hydrogen) atoms. The molecule has 1 aromatic heterocycles. The zero-order valence-corrected chi connectivity index (χ0v) is 12.5. The smallest absolute Gasteiger partial charge is 0.324 e. The molecule has 0 saturated carbocycles. The molecule has 4 rings (SSSR count). The fraction of sp³-hybridized carbons (Fsp3) is 0.375. The van der Waals surface area contributed by atoms with Crippen molar-refractivity contribution in [2.24, 2.45) is 0 Å². The maximum absolute atomic E-state index is 12.5. The van der Waals surface area contributed by atoms with Crippen molar-refractivity contribution in [3.63, 3.8) is 0 Å². The maximum Gasteiger partial charge on any atom is 0.324 e. The van der Waals surface area contributed by atoms with Gasteiger partial charge in [-0.25, -0.2) is 9.78 Å². The molecule has 1 atom stereocenters. The van der Waals surface area contributed by atoms with Crippen LogP contribution in [-0.2, 0) is 0 Å². The molecule has 0 unspecified atom stereocenters. The molecule has 2 aromatic rings. The Morgan fingerprint density at radius 1 is 1.27 bits per heavy atom. The van der Waals surface area contributed by atoms with Gasteiger partial charge in [-0.3, -0.25) is 4.90 Å². The lowest BCUT2D eigenvalue weighted by molar-refractivity contribution is 0.193. The number of nitrogens with one attached hydrogen (secondary N) is 2. The molecular formula is C16H19N5O. The standard InChI is InChI=1S/C16H19N5O/c1-11-18-9-15(19-11)12-2-4-13(5-3-12)21-10-14-8-17-6-7-20(14)16(21)22/h2-5,9,14,17H,6-8,10H2,1H3,(H,18,19)/t14-/m0/s1. The van der Waals surface area contributed by atoms with E-state index in [4.69, 9.17) is 0 Å². The third kappa shape index (κ3) is 2.16. The number of amides is 2. The average Bonchev–Trinajstić information content (AvgIpc) is 3.12. The van der Waals surface area contributed by atoms with Crippen LogP contribution in [0.2, 0.25) is 0 Å². The summed E-state index contributed by atoms with van der Waals surface area (Å²) in [5.74, 6) is 0.901. The number of carbonyl (C=O) groups is 1. The van der Waals surface area contributed by atoms with Gasteiger partial charge in [-0.05, 0) is 24.6 Å². The van der Waals surface area contributed by atoms with E-state index in [1.165, 1.54) is 0 Å². The average molecular weight is 297 g/mol. The highest BCUT2D eigenvalue weighted by Gasteiger charge is 2.38. The highest BCUT2D eigenvalue weighted by molar-refractivity contribution is 5.95. The molecule has 2 N–H and O–H groups in total. The van der Waals surface area contributed by atoms with Gasteiger partial charge in [0.05, 0.1) is 17.9 Å². The van der Waals surface area contributed by atoms with Crippen LogP contribution in [0, 0.1) is 6.92 Å². The first kappa shape index (κ1) is 13.3. The minimum atomic E-state index is 0.122. The molecule has 6 nitrogen and oxygen atoms in total. The van der Waals surface area contributed by atoms with Crippen LogP contribution >= 0.6 is 0 Å². The van der Waals surface area contributed by atoms with E-state index >= 15 is 0 Å². The van der Waals surface area contributed by atoms with Gasteiger partial charge in [0.2, 0.25) is 0 Å². The summed E-state index contributed by atoms with van der Waals surface area (Å²) >= 11 is 0. The van der Waals surface area contributed by atoms with Crippen LogP contribution in [-0.4, -0.2) is 53.1 Å². The first-order chi connectivity index (χ1) is 10.7. The minimum absolute atomic E-state index is 0.122. The maximum atomic E-state index is 12.5. The number of imidazole rings is 1. The predicted molar refractivity (Wildman–Crippen MR) is 84.9 cm³/mol. The summed E-state index contributed by atoms with van der Waals surface area (Å²) in [7, 11) is 0. The number of hydrogen-bond donors (Lipinski definition) is 2. The normalized spacial score (nSPS) is 21.3. The molecule has 2 aliphatic rings. The number of nitrogens with zero attached hydrogens (tertiary/aromatic N) is 3. The quantitative estimate of drug-likeness (QED) is 0.885. The number of H-pyrrole nitrogens is 1. The number of urea groups is 1. The van der Waals surface area contributed by atoms with Crippen LogP contribution in [0.1, 0.15) is 5.82 Å². The van der Waals surface area contributed by atoms with Crippen molar-refractivity contribution in [2.75, 3.05) is 31.1 Å². The highest BCUT2D eigenvalue weighted by Crippen LogP contribution is 2.27. The molecule has 1 aromatic carbocycles. The van der Waals surface area contributed by atoms with Crippen molar-refractivity contribution in [3.05, 3.63) is 36.3 Å². The lowest BCUT2D eigenvalue weighted by atomic mass is 10.1. The van der Waals surface area contributed by atoms with Gasteiger partial charge in [-0.15, -0.1) is 0 Å². The van der Waals surface area contributed by atoms with Crippen molar-refractivity contribution < 1.29 is 4.79 Å². The number of benzene rings is 1. The Morgan fingerprint density at radius 2 is 2.09 bits per heavy atom. The van der Waals surface area contributed by atoms with E-state index < -0.39 is 0 Å². The van der Waals surface area contributed by atoms with Crippen LogP contribution in [0.5, 0.6) is 0 Å². The molecule has 0 spiro atoms. The molecule has 0 bridgehead atoms. The van der Waals surface area contributed by atoms with Gasteiger partial charge in [0.1, 0.15) is 5.82 Å². The third-order valence-corrected chi connectivity index (χ3v) is 4.41. The number of aryl methyl sites for hydroxylation is 1. The molecule has 0 aliphatic carbocycles. The first-order valence-corrected chi connectivity index (χ1v) is 7.63. The van der Waals surface area contributed by atoms with E-state index in [0.29, 0.717) is 0 Å². The molecular weight excluding hydrogens is 278 g/mol. The largest absolute Gasteiger partial charge is 0.342 e. The molecule has 114 valence electrons. The Morgan fingerprint density at radius 3 is 2.77 bits per heavy atom. The van der Waals surface area contributed by atoms with E-state index in [1.54, 1.807) is 0 Å². The van der Waals surface area contributed by atoms with E-state index in [2.05, 4.69) is 15.3 Å². The second kappa shape index (κ2) is 5.14. The van der Waals surface area contributed by atoms with Crippen LogP contribution in [0.4, 0.5) is 10.5 Å². The highest BCUT2D eigenvalue weighted by atomic mass is 16.2. The monoisotopic (exact) mass is 297 g/mol. The Hall–Kier alpha value is -2.34. The van der Waals surface area contributed by atoms with Crippen LogP contribution < -0.4 is 10.2 Å². The Balaban J connectivity index is 1.57. The summed E-state index contributed by atoms with van der Waals surface area (Å²) in [5, 5.41) is 3.35. The van der Waals surface area contributed by atoms with Gasteiger partial charge < -0.3 is 15.2 Å². The van der Waals surface area contributed by atoms with E-state index in [1.807, 2.05) is 47.2 Å². The number of fused-ring (bicyclic) bond motifs is 1. The second-order valence-corrected chi connectivity index (χ2v) is 5.87. The summed E-state index contributed by atoms with van der Waals surface area (Å²) in [6.45, 7) is 5.26. The number of aromatic amines is 1. The number of carbonyl (C=O) groups excluding carboxylic acids is 1. The number of piperazine rings is 1. The summed E-state index contributed by atoms with van der Waals surface area (Å²) in [5.41, 5.74) is 3.04. The van der Waals surface area contributed by atoms with Crippen molar-refractivity contribution in [1.82, 2.24) is 20.2 Å². The van der Waals surface area contributed by atoms with Crippen molar-refractivity contribution in [1.29, 1.82) is 0 Å². The first-order valence-electron chi connectivity index (χ1n) is 7.63. The zero-order chi connectivity index (χ0) is 15.1. The summed E-state index contributed by atoms with van der Waals surface area (Å²) in [6.07, 6.45) is 1.83. The number of rotatable bonds is 2. The summed E-state index contributed by atoms with van der Waals surface area (Å²) in [6, 6.07) is 8.49. The summed E-state index contributed by atoms with van der Waals surface area (Å²) < 4.78 is 0. The van der Waals surface area contributed by atoms with E-state index in [9.17, 15) is 4.79 Å². The molecule has 2 fully saturated rings. The van der Waals surface area contributed by atoms with Crippen LogP contribution in [0.3, 0.4) is 0 Å². The molecule has 2 saturated heterocycles. The molecule has 3 heterocycles. The topological polar surface area (TPSA) is 64.3 Å². The molecule has 2 aliphatic heterocycles. The van der Waals surface area contributed by atoms with Crippen molar-refractivity contribution >= 4 is 11.7 Å². The van der Waals surface area contributed by atoms with Gasteiger partial charge in [-0.2, -0.15) is 0 Å². The molecule has 0 radical (unpaired) electrons. The fourth-order valence-corrected chi connectivity index (χ4v) is 3.22. The van der Waals surface area contributed by atoms with Gasteiger partial charge in [-0.1, -0.05) is 12.1 Å². The summed E-state index contributed by atoms with van der Waals surface area (Å²) in [4.78, 5) is 23.8. The molecule has 6 heteroatoms. The van der Waals surface area contributed by atoms with Gasteiger partial charge in [0.15, 0.2) is 0 Å². The lowest BCUT2D eigenvalue weighted by Crippen LogP contribution is -2.49. The lowest BCUT2D eigenvalue weighted by Gasteiger charge is -2.28. The number of aromatic nitrogens is 2. The van der Waals surface area contributed by atoms with Gasteiger partial charge >= 0.3 is 6.03 Å². The van der Waals surface area contributed by atoms with Crippen LogP contribution in [0.15, 0.2) is 30.5 Å². The third-order valence-electron chi connectivity index (χ3n) is 4.41. The SMILES string of the molecule is Cc1ncc(-c2ccc(N3C[C@@H]4CNCCN4C3=O)cc2)[nH]1. The van der Waals surface area contributed by atoms with Crippen LogP contribution in [0.25, 0.3) is 11.3 Å². The number of anilines is 1. The fourth-order valence-electron chi connectivity index (χ4n) is 3.22. The van der Waals surface area contributed by atoms with Crippen molar-refractivity contribution in [2.45, 2.75) is 13.0 Å². The molecule has 2 amide bonds. The van der Waals surface area contributed by atoms with Crippen molar-refractivity contribution in [3.8, 4) is 11.3 Å². The van der Waals surface area contributed by atoms with E-state index in [-0.39, 0.29) is 12.1 Å². The Bertz CT molecular complexity index is 693. The van der Waals surface area contributed by atoms with E-state index in [0.717, 1.165) is 48.9 Å². The number of hydrogen-bond acceptors (Lipinski definition) is 3. The minimum Gasteiger partial charge on any atom is -0.342 e.